The van der Waals surface area contributed by atoms with Crippen LogP contribution in [0.5, 0.6) is 5.75 Å². The molecule has 0 bridgehead atoms. The number of carbonyl (C=O) groups is 2. The van der Waals surface area contributed by atoms with Crippen molar-refractivity contribution in [3.8, 4) is 5.75 Å². The van der Waals surface area contributed by atoms with Crippen LogP contribution in [0.2, 0.25) is 10.0 Å². The van der Waals surface area contributed by atoms with Gasteiger partial charge in [-0.2, -0.15) is 8.78 Å². The van der Waals surface area contributed by atoms with Crippen LogP contribution in [0, 0.1) is 0 Å². The summed E-state index contributed by atoms with van der Waals surface area (Å²) in [6.07, 6.45) is 0.827. The van der Waals surface area contributed by atoms with Gasteiger partial charge in [0.15, 0.2) is 6.29 Å². The number of fused-ring (bicyclic) bond motifs is 1. The highest BCUT2D eigenvalue weighted by Crippen LogP contribution is 2.42. The highest BCUT2D eigenvalue weighted by Gasteiger charge is 2.31. The molecule has 0 radical (unpaired) electrons. The van der Waals surface area contributed by atoms with Crippen LogP contribution in [0.15, 0.2) is 44.9 Å². The summed E-state index contributed by atoms with van der Waals surface area (Å²) >= 11 is 18.0. The average Bonchev–Trinajstić information content (AvgIpc) is 3.33. The SMILES string of the molecule is COc1cc2c(cc1N1CCCOC1=O)CN(C)C2.NCc1ccc(Cl)c(Sc2cc(C(F)(F)Cl)[nH]c(=O)c2C=O)c1Cl. The number of aldehydes is 1. The van der Waals surface area contributed by atoms with Crippen molar-refractivity contribution in [3.05, 3.63) is 78.7 Å². The molecule has 0 atom stereocenters. The summed E-state index contributed by atoms with van der Waals surface area (Å²) in [5.41, 5.74) is 7.31. The van der Waals surface area contributed by atoms with Crippen LogP contribution in [0.25, 0.3) is 0 Å². The monoisotopic (exact) mass is 674 g/mol. The fraction of sp³-hybridized carbons (Fsp3) is 0.321. The van der Waals surface area contributed by atoms with E-state index in [1.54, 1.807) is 18.1 Å². The molecule has 0 spiro atoms. The van der Waals surface area contributed by atoms with E-state index in [0.717, 1.165) is 48.8 Å². The first-order valence-electron chi connectivity index (χ1n) is 12.8. The van der Waals surface area contributed by atoms with Crippen molar-refractivity contribution in [2.75, 3.05) is 32.2 Å². The Morgan fingerprint density at radius 1 is 1.19 bits per heavy atom. The quantitative estimate of drug-likeness (QED) is 0.219. The third-order valence-corrected chi connectivity index (χ3v) is 9.02. The first-order chi connectivity index (χ1) is 20.4. The highest BCUT2D eigenvalue weighted by atomic mass is 35.5. The molecule has 2 aliphatic heterocycles. The lowest BCUT2D eigenvalue weighted by atomic mass is 10.1. The number of methoxy groups -OCH3 is 1. The summed E-state index contributed by atoms with van der Waals surface area (Å²) in [4.78, 5) is 40.9. The van der Waals surface area contributed by atoms with Crippen LogP contribution < -0.4 is 20.9 Å². The van der Waals surface area contributed by atoms with Gasteiger partial charge in [-0.25, -0.2) is 4.79 Å². The summed E-state index contributed by atoms with van der Waals surface area (Å²) in [5, 5.41) is -3.37. The molecule has 15 heteroatoms. The highest BCUT2D eigenvalue weighted by molar-refractivity contribution is 7.99. The number of pyridine rings is 1. The van der Waals surface area contributed by atoms with E-state index in [-0.39, 0.29) is 39.4 Å². The molecule has 0 aliphatic carbocycles. The predicted molar refractivity (Wildman–Crippen MR) is 162 cm³/mol. The third-order valence-electron chi connectivity index (χ3n) is 6.66. The predicted octanol–water partition coefficient (Wildman–Crippen LogP) is 6.38. The van der Waals surface area contributed by atoms with Crippen LogP contribution in [0.1, 0.15) is 39.2 Å². The maximum atomic E-state index is 13.3. The van der Waals surface area contributed by atoms with Gasteiger partial charge in [0.1, 0.15) is 11.4 Å². The normalized spacial score (nSPS) is 15.0. The molecular formula is C28H27Cl3F2N4O5S. The van der Waals surface area contributed by atoms with Gasteiger partial charge in [-0.05, 0) is 66.0 Å². The van der Waals surface area contributed by atoms with Gasteiger partial charge in [0.25, 0.3) is 5.56 Å². The molecule has 1 saturated heterocycles. The number of aromatic nitrogens is 1. The number of halogens is 5. The van der Waals surface area contributed by atoms with Gasteiger partial charge < -0.3 is 20.2 Å². The Morgan fingerprint density at radius 3 is 2.49 bits per heavy atom. The molecule has 9 nitrogen and oxygen atoms in total. The molecule has 3 aromatic rings. The van der Waals surface area contributed by atoms with E-state index in [9.17, 15) is 23.2 Å². The van der Waals surface area contributed by atoms with E-state index < -0.39 is 16.6 Å². The molecule has 1 amide bonds. The number of carbonyl (C=O) groups excluding carboxylic acids is 2. The number of rotatable bonds is 7. The number of nitrogens with one attached hydrogen (secondary N) is 1. The van der Waals surface area contributed by atoms with Gasteiger partial charge >= 0.3 is 11.5 Å². The van der Waals surface area contributed by atoms with E-state index in [0.29, 0.717) is 23.6 Å². The van der Waals surface area contributed by atoms with Crippen molar-refractivity contribution in [3.63, 3.8) is 0 Å². The summed E-state index contributed by atoms with van der Waals surface area (Å²) in [5.74, 6) is 0.743. The Balaban J connectivity index is 0.000000202. The number of alkyl halides is 3. The molecule has 3 heterocycles. The topological polar surface area (TPSA) is 118 Å². The van der Waals surface area contributed by atoms with Gasteiger partial charge in [0.2, 0.25) is 0 Å². The number of aromatic amines is 1. The van der Waals surface area contributed by atoms with E-state index >= 15 is 0 Å². The first-order valence-corrected chi connectivity index (χ1v) is 14.8. The number of nitrogens with zero attached hydrogens (tertiary/aromatic N) is 2. The maximum absolute atomic E-state index is 13.3. The molecule has 230 valence electrons. The lowest BCUT2D eigenvalue weighted by Crippen LogP contribution is -2.38. The van der Waals surface area contributed by atoms with Crippen molar-refractivity contribution in [2.45, 2.75) is 41.2 Å². The Hall–Kier alpha value is -2.87. The smallest absolute Gasteiger partial charge is 0.414 e. The third kappa shape index (κ3) is 7.44. The number of benzene rings is 2. The lowest BCUT2D eigenvalue weighted by Gasteiger charge is -2.28. The van der Waals surface area contributed by atoms with E-state index in [2.05, 4.69) is 18.0 Å². The Labute approximate surface area is 265 Å². The summed E-state index contributed by atoms with van der Waals surface area (Å²) in [6, 6.07) is 8.15. The second-order valence-electron chi connectivity index (χ2n) is 9.65. The minimum Gasteiger partial charge on any atom is -0.495 e. The molecule has 5 rings (SSSR count). The summed E-state index contributed by atoms with van der Waals surface area (Å²) < 4.78 is 37.1. The van der Waals surface area contributed by atoms with E-state index in [4.69, 9.17) is 50.0 Å². The number of ether oxygens (including phenoxy) is 2. The van der Waals surface area contributed by atoms with Crippen molar-refractivity contribution in [1.82, 2.24) is 9.88 Å². The number of cyclic esters (lactones) is 1. The Morgan fingerprint density at radius 2 is 1.88 bits per heavy atom. The van der Waals surface area contributed by atoms with Crippen molar-refractivity contribution in [1.29, 1.82) is 0 Å². The molecule has 1 fully saturated rings. The summed E-state index contributed by atoms with van der Waals surface area (Å²) in [6.45, 7) is 3.16. The number of nitrogens with two attached hydrogens (primary N) is 1. The zero-order chi connectivity index (χ0) is 31.5. The maximum Gasteiger partial charge on any atom is 0.414 e. The van der Waals surface area contributed by atoms with Gasteiger partial charge in [0.05, 0.1) is 35.0 Å². The first kappa shape index (κ1) is 33.0. The van der Waals surface area contributed by atoms with Crippen LogP contribution in [-0.2, 0) is 29.8 Å². The van der Waals surface area contributed by atoms with Crippen LogP contribution >= 0.6 is 46.6 Å². The second-order valence-corrected chi connectivity index (χ2v) is 12.0. The largest absolute Gasteiger partial charge is 0.495 e. The lowest BCUT2D eigenvalue weighted by molar-refractivity contribution is 0.0891. The fourth-order valence-electron chi connectivity index (χ4n) is 4.56. The molecular weight excluding hydrogens is 649 g/mol. The minimum atomic E-state index is -3.80. The second kappa shape index (κ2) is 13.8. The minimum absolute atomic E-state index is 0.0537. The molecule has 0 saturated carbocycles. The van der Waals surface area contributed by atoms with Crippen molar-refractivity contribution in [2.24, 2.45) is 5.73 Å². The van der Waals surface area contributed by atoms with E-state index in [1.165, 1.54) is 17.2 Å². The molecule has 1 aromatic heterocycles. The van der Waals surface area contributed by atoms with Crippen LogP contribution in [0.4, 0.5) is 19.3 Å². The van der Waals surface area contributed by atoms with Crippen LogP contribution in [-0.4, -0.2) is 49.6 Å². The van der Waals surface area contributed by atoms with Crippen LogP contribution in [0.3, 0.4) is 0 Å². The zero-order valence-corrected chi connectivity index (χ0v) is 26.1. The van der Waals surface area contributed by atoms with Crippen molar-refractivity contribution < 1.29 is 27.8 Å². The Bertz CT molecular complexity index is 1600. The standard InChI is InChI=1S/C14H9Cl3F2N2O2S.C14H18N2O3/c15-8-2-1-6(4-20)11(16)12(8)24-9-3-10(14(17,18)19)21-13(23)7(9)5-22;1-15-8-10-6-12(13(18-2)7-11(10)9-15)16-4-3-5-19-14(16)17/h1-3,5H,4,20H2,(H,21,23);6-7H,3-5,8-9H2,1-2H3. The number of anilines is 1. The number of amides is 1. The van der Waals surface area contributed by atoms with Gasteiger partial charge in [-0.15, -0.1) is 0 Å². The van der Waals surface area contributed by atoms with Crippen molar-refractivity contribution >= 4 is 64.6 Å². The van der Waals surface area contributed by atoms with Gasteiger partial charge in [-0.1, -0.05) is 41.0 Å². The fourth-order valence-corrected chi connectivity index (χ4v) is 6.37. The molecule has 43 heavy (non-hydrogen) atoms. The van der Waals surface area contributed by atoms with Gasteiger partial charge in [0, 0.05) is 36.0 Å². The number of H-pyrrole nitrogens is 1. The summed E-state index contributed by atoms with van der Waals surface area (Å²) in [7, 11) is 3.72. The number of hydrogen-bond acceptors (Lipinski definition) is 8. The molecule has 3 N–H and O–H groups in total. The number of hydrogen-bond donors (Lipinski definition) is 2. The molecule has 2 aliphatic rings. The zero-order valence-electron chi connectivity index (χ0n) is 23.0. The average molecular weight is 676 g/mol. The van der Waals surface area contributed by atoms with Gasteiger partial charge in [-0.3, -0.25) is 19.4 Å². The Kier molecular flexibility index (Phi) is 10.6. The molecule has 2 aromatic carbocycles. The van der Waals surface area contributed by atoms with E-state index in [1.807, 2.05) is 11.1 Å². The molecule has 0 unspecified atom stereocenters.